The van der Waals surface area contributed by atoms with E-state index in [1.54, 1.807) is 51.2 Å². The highest BCUT2D eigenvalue weighted by molar-refractivity contribution is 5.77. The van der Waals surface area contributed by atoms with Crippen LogP contribution in [0.4, 0.5) is 22.2 Å². The second kappa shape index (κ2) is 13.4. The summed E-state index contributed by atoms with van der Waals surface area (Å²) in [6.07, 6.45) is 2.07. The van der Waals surface area contributed by atoms with Gasteiger partial charge in [-0.05, 0) is 51.5 Å². The molecule has 35 heavy (non-hydrogen) atoms. The molecule has 0 aliphatic heterocycles. The van der Waals surface area contributed by atoms with Crippen LogP contribution in [-0.2, 0) is 9.53 Å². The van der Waals surface area contributed by atoms with Gasteiger partial charge in [-0.1, -0.05) is 18.8 Å². The molecule has 2 amide bonds. The molecule has 0 radical (unpaired) electrons. The third-order valence-electron chi connectivity index (χ3n) is 4.22. The van der Waals surface area contributed by atoms with Crippen molar-refractivity contribution < 1.29 is 14.3 Å². The average molecular weight is 478 g/mol. The van der Waals surface area contributed by atoms with Gasteiger partial charge < -0.3 is 26.0 Å². The number of carbonyl (C=O) groups is 2. The van der Waals surface area contributed by atoms with Crippen LogP contribution in [0.25, 0.3) is 0 Å². The molecule has 0 atom stereocenters. The number of carbonyl (C=O) groups excluding carboxylic acids is 2. The van der Waals surface area contributed by atoms with Crippen molar-refractivity contribution in [1.29, 1.82) is 5.26 Å². The minimum absolute atomic E-state index is 0.114. The Morgan fingerprint density at radius 1 is 1.11 bits per heavy atom. The topological polar surface area (TPSA) is 141 Å². The molecule has 0 saturated carbocycles. The highest BCUT2D eigenvalue weighted by Crippen LogP contribution is 2.17. The predicted molar refractivity (Wildman–Crippen MR) is 134 cm³/mol. The fraction of sp³-hybridized carbons (Fsp3) is 0.400. The first-order valence-electron chi connectivity index (χ1n) is 11.3. The molecule has 1 aromatic heterocycles. The number of ether oxygens (including phenoxy) is 1. The van der Waals surface area contributed by atoms with Crippen molar-refractivity contribution in [2.24, 2.45) is 0 Å². The summed E-state index contributed by atoms with van der Waals surface area (Å²) in [5, 5.41) is 20.5. The number of nitrogens with one attached hydrogen (secondary N) is 4. The molecule has 4 N–H and O–H groups in total. The van der Waals surface area contributed by atoms with E-state index in [1.165, 1.54) is 0 Å². The summed E-state index contributed by atoms with van der Waals surface area (Å²) in [6.45, 7) is 8.37. The molecule has 2 rings (SSSR count). The predicted octanol–water partition coefficient (Wildman–Crippen LogP) is 3.30. The zero-order valence-corrected chi connectivity index (χ0v) is 20.5. The Bertz CT molecular complexity index is 1110. The summed E-state index contributed by atoms with van der Waals surface area (Å²) in [5.74, 6) is 6.61. The van der Waals surface area contributed by atoms with Gasteiger partial charge >= 0.3 is 6.09 Å². The average Bonchev–Trinajstić information content (AvgIpc) is 2.80. The number of nitriles is 1. The van der Waals surface area contributed by atoms with Crippen LogP contribution in [0, 0.1) is 23.2 Å². The summed E-state index contributed by atoms with van der Waals surface area (Å²) < 4.78 is 5.12. The van der Waals surface area contributed by atoms with Crippen molar-refractivity contribution in [3.8, 4) is 17.9 Å². The lowest BCUT2D eigenvalue weighted by Gasteiger charge is -2.19. The molecule has 1 heterocycles. The molecular formula is C25H31N7O3. The number of hydrogen-bond acceptors (Lipinski definition) is 8. The van der Waals surface area contributed by atoms with Crippen molar-refractivity contribution in [1.82, 2.24) is 20.6 Å². The molecule has 1 aromatic carbocycles. The van der Waals surface area contributed by atoms with Crippen LogP contribution in [0.15, 0.2) is 30.5 Å². The Balaban J connectivity index is 1.91. The van der Waals surface area contributed by atoms with Gasteiger partial charge in [0.15, 0.2) is 0 Å². The van der Waals surface area contributed by atoms with Gasteiger partial charge in [-0.3, -0.25) is 4.79 Å². The summed E-state index contributed by atoms with van der Waals surface area (Å²) >= 11 is 0. The Kier molecular flexibility index (Phi) is 10.3. The lowest BCUT2D eigenvalue weighted by Crippen LogP contribution is -2.35. The fourth-order valence-electron chi connectivity index (χ4n) is 2.63. The molecule has 10 nitrogen and oxygen atoms in total. The van der Waals surface area contributed by atoms with E-state index >= 15 is 0 Å². The summed E-state index contributed by atoms with van der Waals surface area (Å²) in [5.41, 5.74) is 1.34. The number of hydrogen-bond donors (Lipinski definition) is 4. The summed E-state index contributed by atoms with van der Waals surface area (Å²) in [4.78, 5) is 32.4. The normalized spacial score (nSPS) is 10.3. The highest BCUT2D eigenvalue weighted by Gasteiger charge is 2.15. The molecule has 0 unspecified atom stereocenters. The smallest absolute Gasteiger partial charge is 0.407 e. The van der Waals surface area contributed by atoms with Gasteiger partial charge in [-0.25, -0.2) is 9.78 Å². The maximum absolute atomic E-state index is 12.0. The number of rotatable bonds is 9. The van der Waals surface area contributed by atoms with Gasteiger partial charge in [0.1, 0.15) is 11.4 Å². The number of amides is 2. The van der Waals surface area contributed by atoms with E-state index in [0.29, 0.717) is 29.4 Å². The van der Waals surface area contributed by atoms with Gasteiger partial charge in [0.05, 0.1) is 29.9 Å². The quantitative estimate of drug-likeness (QED) is 0.403. The lowest BCUT2D eigenvalue weighted by atomic mass is 10.2. The van der Waals surface area contributed by atoms with Crippen LogP contribution in [0.1, 0.15) is 51.7 Å². The Morgan fingerprint density at radius 2 is 1.86 bits per heavy atom. The van der Waals surface area contributed by atoms with Gasteiger partial charge in [0, 0.05) is 25.2 Å². The third-order valence-corrected chi connectivity index (χ3v) is 4.22. The van der Waals surface area contributed by atoms with Crippen LogP contribution in [0.5, 0.6) is 0 Å². The molecule has 0 saturated heterocycles. The second-order valence-corrected chi connectivity index (χ2v) is 8.45. The molecule has 184 valence electrons. The second-order valence-electron chi connectivity index (χ2n) is 8.45. The maximum Gasteiger partial charge on any atom is 0.407 e. The molecule has 0 aliphatic rings. The first-order chi connectivity index (χ1) is 16.7. The SMILES string of the molecule is CCCNc1nc(Nc2ccc(C#N)cc2)ncc1C#CCNC(=O)CCNC(=O)OC(C)(C)C. The monoisotopic (exact) mass is 477 g/mol. The molecule has 0 aliphatic carbocycles. The van der Waals surface area contributed by atoms with E-state index in [0.717, 1.165) is 12.1 Å². The van der Waals surface area contributed by atoms with Crippen molar-refractivity contribution >= 4 is 29.5 Å². The molecule has 0 fully saturated rings. The number of alkyl carbamates (subject to hydrolysis) is 1. The van der Waals surface area contributed by atoms with Crippen LogP contribution in [-0.4, -0.2) is 47.2 Å². The van der Waals surface area contributed by atoms with E-state index in [1.807, 2.05) is 6.92 Å². The summed E-state index contributed by atoms with van der Waals surface area (Å²) in [6, 6.07) is 9.05. The molecule has 2 aromatic rings. The van der Waals surface area contributed by atoms with Gasteiger partial charge in [-0.2, -0.15) is 10.2 Å². The van der Waals surface area contributed by atoms with Crippen LogP contribution in [0.3, 0.4) is 0 Å². The number of nitrogens with zero attached hydrogens (tertiary/aromatic N) is 3. The third kappa shape index (κ3) is 10.4. The molecule has 0 spiro atoms. The zero-order valence-electron chi connectivity index (χ0n) is 20.5. The maximum atomic E-state index is 12.0. The van der Waals surface area contributed by atoms with Crippen LogP contribution in [0.2, 0.25) is 0 Å². The van der Waals surface area contributed by atoms with Crippen molar-refractivity contribution in [2.45, 2.75) is 46.1 Å². The first-order valence-corrected chi connectivity index (χ1v) is 11.3. The van der Waals surface area contributed by atoms with Crippen molar-refractivity contribution in [3.63, 3.8) is 0 Å². The van der Waals surface area contributed by atoms with Crippen molar-refractivity contribution in [2.75, 3.05) is 30.3 Å². The van der Waals surface area contributed by atoms with Gasteiger partial charge in [-0.15, -0.1) is 0 Å². The van der Waals surface area contributed by atoms with E-state index < -0.39 is 11.7 Å². The number of benzene rings is 1. The molecular weight excluding hydrogens is 446 g/mol. The zero-order chi connectivity index (χ0) is 25.7. The van der Waals surface area contributed by atoms with Crippen LogP contribution < -0.4 is 21.3 Å². The van der Waals surface area contributed by atoms with Gasteiger partial charge in [0.2, 0.25) is 11.9 Å². The fourth-order valence-corrected chi connectivity index (χ4v) is 2.63. The number of anilines is 3. The van der Waals surface area contributed by atoms with E-state index in [-0.39, 0.29) is 25.4 Å². The molecule has 10 heteroatoms. The van der Waals surface area contributed by atoms with Gasteiger partial charge in [0.25, 0.3) is 0 Å². The first kappa shape index (κ1) is 26.9. The number of aromatic nitrogens is 2. The van der Waals surface area contributed by atoms with E-state index in [9.17, 15) is 9.59 Å². The standard InChI is InChI=1S/C25H31N7O3/c1-5-13-28-22-19(17-30-23(32-22)31-20-10-8-18(16-26)9-11-20)7-6-14-27-21(33)12-15-29-24(34)35-25(2,3)4/h8-11,17H,5,12-15H2,1-4H3,(H,27,33)(H,29,34)(H2,28,30,31,32). The van der Waals surface area contributed by atoms with E-state index in [2.05, 4.69) is 49.1 Å². The largest absolute Gasteiger partial charge is 0.444 e. The van der Waals surface area contributed by atoms with E-state index in [4.69, 9.17) is 10.00 Å². The Hall–Kier alpha value is -4.31. The summed E-state index contributed by atoms with van der Waals surface area (Å²) in [7, 11) is 0. The minimum atomic E-state index is -0.589. The molecule has 0 bridgehead atoms. The highest BCUT2D eigenvalue weighted by atomic mass is 16.6. The van der Waals surface area contributed by atoms with Crippen LogP contribution >= 0.6 is 0 Å². The Labute approximate surface area is 205 Å². The van der Waals surface area contributed by atoms with Crippen molar-refractivity contribution in [3.05, 3.63) is 41.6 Å². The minimum Gasteiger partial charge on any atom is -0.444 e. The lowest BCUT2D eigenvalue weighted by molar-refractivity contribution is -0.120. The Morgan fingerprint density at radius 3 is 2.51 bits per heavy atom.